The molecule has 2 unspecified atom stereocenters. The standard InChI is InChI=1S/C49H79N5O11Si.C43H65N5O11/c1-16-38-49(28-61-66(14,15)47(7,8)9)42(54(46(59)65-49)23-18-17-22-53-27-36(51-29-53)35-20-19-21-50-26-35)32(4)39(55)30(2)25-48(10,60-13)43(33(5)40(56)34(6)44(58)63-38)64-45-41(57)37(52(11)12)24-31(3)62-45;1-11-33-43(23-49)37(48(41(54)59-43)18-13-12-17-47-22-31(45-24-47)30-15-14-16-44-21-30)27(4)34(50)25(2)20-42(7,55-10)38(28(5)35(51)29(6)39(53)57-33)58-40-36(52)32(46(8)9)19-26(3)56-40/h19-21,26-27,29-34,37-38,41-43,45,57H,16-18,22-25,28H2,1-15H3;14-16,21-22,24-29,32-33,36-38,40,49,52H,11-13,17-20,23H2,1-10H3/t30-,31-,32+,33+,34-,37+,38-,41-,42-,43-,45?,48+,49-;25-,26-,27+,28+,29-,32+,33-,36-,37-,38-,40?,42+,43-/m11/s1. The minimum Gasteiger partial charge on any atom is -0.457 e. The van der Waals surface area contributed by atoms with Crippen LogP contribution in [-0.2, 0) is 93.7 Å². The van der Waals surface area contributed by atoms with Crippen molar-refractivity contribution in [2.24, 2.45) is 47.3 Å². The molecule has 10 heterocycles. The van der Waals surface area contributed by atoms with Gasteiger partial charge >= 0.3 is 24.1 Å². The number of Topliss-reactive ketones (excluding diaryl/α,β-unsaturated/α-hetero) is 4. The zero-order valence-electron chi connectivity index (χ0n) is 78.5. The van der Waals surface area contributed by atoms with E-state index in [0.29, 0.717) is 51.6 Å². The Labute approximate surface area is 739 Å². The van der Waals surface area contributed by atoms with Crippen molar-refractivity contribution in [1.29, 1.82) is 0 Å². The lowest BCUT2D eigenvalue weighted by Crippen LogP contribution is -2.63. The van der Waals surface area contributed by atoms with Crippen LogP contribution in [0.2, 0.25) is 18.1 Å². The number of rotatable bonds is 26. The van der Waals surface area contributed by atoms with Crippen LogP contribution in [0.4, 0.5) is 9.59 Å². The molecular formula is C92H144N10O22Si. The van der Waals surface area contributed by atoms with Crippen LogP contribution >= 0.6 is 0 Å². The maximum atomic E-state index is 15.2. The number of ketones is 4. The maximum Gasteiger partial charge on any atom is 0.411 e. The molecule has 125 heavy (non-hydrogen) atoms. The number of carbonyl (C=O) groups excluding carboxylic acids is 8. The summed E-state index contributed by atoms with van der Waals surface area (Å²) >= 11 is 0. The molecule has 6 aliphatic heterocycles. The number of carbonyl (C=O) groups is 8. The Morgan fingerprint density at radius 2 is 0.928 bits per heavy atom. The van der Waals surface area contributed by atoms with Crippen molar-refractivity contribution < 1.29 is 105 Å². The number of fused-ring (bicyclic) bond motifs is 2. The molecule has 32 nitrogen and oxygen atoms in total. The number of methoxy groups -OCH3 is 2. The van der Waals surface area contributed by atoms with Crippen LogP contribution in [0.3, 0.4) is 0 Å². The molecule has 0 aliphatic carbocycles. The van der Waals surface area contributed by atoms with Crippen molar-refractivity contribution in [3.05, 3.63) is 74.1 Å². The van der Waals surface area contributed by atoms with Gasteiger partial charge in [-0.1, -0.05) is 76.2 Å². The summed E-state index contributed by atoms with van der Waals surface area (Å²) in [5, 5.41) is 34.0. The monoisotopic (exact) mass is 1770 g/mol. The number of pyridine rings is 2. The number of cyclic esters (lactones) is 2. The Balaban J connectivity index is 0.000000285. The third-order valence-corrected chi connectivity index (χ3v) is 32.4. The molecule has 6 aliphatic rings. The molecule has 698 valence electrons. The summed E-state index contributed by atoms with van der Waals surface area (Å²) in [6.45, 7) is 35.6. The zero-order chi connectivity index (χ0) is 92.5. The van der Waals surface area contributed by atoms with Crippen LogP contribution in [0.5, 0.6) is 0 Å². The van der Waals surface area contributed by atoms with Crippen molar-refractivity contribution in [2.75, 3.05) is 68.7 Å². The first-order valence-corrected chi connectivity index (χ1v) is 47.7. The summed E-state index contributed by atoms with van der Waals surface area (Å²) in [4.78, 5) is 140. The van der Waals surface area contributed by atoms with Gasteiger partial charge in [-0.25, -0.2) is 19.6 Å². The van der Waals surface area contributed by atoms with Gasteiger partial charge in [0.05, 0.1) is 85.0 Å². The number of hydrogen-bond donors (Lipinski definition) is 3. The molecule has 10 rings (SSSR count). The number of hydrogen-bond acceptors (Lipinski definition) is 28. The van der Waals surface area contributed by atoms with E-state index >= 15 is 4.79 Å². The molecule has 6 fully saturated rings. The largest absolute Gasteiger partial charge is 0.457 e. The van der Waals surface area contributed by atoms with Gasteiger partial charge in [-0.2, -0.15) is 0 Å². The summed E-state index contributed by atoms with van der Waals surface area (Å²) in [6.07, 6.45) is 7.55. The van der Waals surface area contributed by atoms with Crippen LogP contribution < -0.4 is 0 Å². The lowest BCUT2D eigenvalue weighted by Gasteiger charge is -2.47. The van der Waals surface area contributed by atoms with Gasteiger partial charge in [0.2, 0.25) is 0 Å². The van der Waals surface area contributed by atoms with Gasteiger partial charge < -0.3 is 95.8 Å². The highest BCUT2D eigenvalue weighted by atomic mass is 28.4. The fourth-order valence-electron chi connectivity index (χ4n) is 19.4. The number of likely N-dealkylation sites (N-methyl/N-ethyl adjacent to an activating group) is 2. The van der Waals surface area contributed by atoms with Gasteiger partial charge in [-0.05, 0) is 176 Å². The van der Waals surface area contributed by atoms with E-state index < -0.39 is 182 Å². The molecule has 0 radical (unpaired) electrons. The molecule has 2 amide bonds. The highest BCUT2D eigenvalue weighted by molar-refractivity contribution is 6.74. The number of ether oxygens (including phenoxy) is 10. The molecule has 0 saturated carbocycles. The highest BCUT2D eigenvalue weighted by Gasteiger charge is 2.66. The van der Waals surface area contributed by atoms with E-state index in [0.717, 1.165) is 22.5 Å². The van der Waals surface area contributed by atoms with Crippen LogP contribution in [0.25, 0.3) is 22.5 Å². The van der Waals surface area contributed by atoms with Crippen molar-refractivity contribution in [3.8, 4) is 22.5 Å². The summed E-state index contributed by atoms with van der Waals surface area (Å²) in [5.74, 6) is -10.8. The summed E-state index contributed by atoms with van der Waals surface area (Å²) in [7, 11) is 7.89. The lowest BCUT2D eigenvalue weighted by atomic mass is 9.73. The number of aliphatic hydroxyl groups is 3. The number of imidazole rings is 2. The van der Waals surface area contributed by atoms with Gasteiger partial charge in [0, 0.05) is 136 Å². The summed E-state index contributed by atoms with van der Waals surface area (Å²) in [5.41, 5.74) is -2.65. The van der Waals surface area contributed by atoms with E-state index in [1.54, 1.807) is 90.8 Å². The third-order valence-electron chi connectivity index (χ3n) is 27.9. The summed E-state index contributed by atoms with van der Waals surface area (Å²) in [6, 6.07) is 5.06. The first-order valence-electron chi connectivity index (χ1n) is 44.8. The second-order valence-corrected chi connectivity index (χ2v) is 43.2. The SMILES string of the molecule is CC[C@H]1OC(=O)[C@H](C)C(=O)[C@H](C)[C@@H](OC2O[C@H](C)C[C@H](N(C)C)[C@H]2O)[C@@](C)(OC)C[C@@H](C)C(=O)[C@H](C)[C@H]2N(CCCCn3cnc(-c4cccnc4)c3)C(=O)O[C@]12CO.CC[C@H]1OC(=O)[C@H](C)C(=O)[C@H](C)[C@@H](OC2O[C@H](C)C[C@H](N(C)C)[C@H]2O)[C@@](C)(OC)C[C@@H](C)C(=O)[C@H](C)[C@H]2N(CCCCn3cnc(-c4cccnc4)c3)C(=O)O[C@]12CO[Si](C)(C)C(C)(C)C. The average Bonchev–Trinajstić information content (AvgIpc) is 1.59. The van der Waals surface area contributed by atoms with Crippen molar-refractivity contribution in [1.82, 2.24) is 48.7 Å². The Morgan fingerprint density at radius 1 is 0.552 bits per heavy atom. The number of nitrogens with zero attached hydrogens (tertiary/aromatic N) is 10. The molecule has 6 saturated heterocycles. The summed E-state index contributed by atoms with van der Waals surface area (Å²) < 4.78 is 74.0. The van der Waals surface area contributed by atoms with Crippen molar-refractivity contribution in [3.63, 3.8) is 0 Å². The van der Waals surface area contributed by atoms with Crippen molar-refractivity contribution in [2.45, 2.75) is 321 Å². The first-order chi connectivity index (χ1) is 58.7. The van der Waals surface area contributed by atoms with E-state index in [2.05, 4.69) is 53.8 Å². The van der Waals surface area contributed by atoms with Crippen LogP contribution in [0.1, 0.15) is 182 Å². The Bertz CT molecular complexity index is 4270. The van der Waals surface area contributed by atoms with Gasteiger partial charge in [0.25, 0.3) is 0 Å². The quantitative estimate of drug-likeness (QED) is 0.0173. The minimum atomic E-state index is -2.55. The van der Waals surface area contributed by atoms with Crippen molar-refractivity contribution >= 4 is 55.6 Å². The van der Waals surface area contributed by atoms with Crippen LogP contribution in [0.15, 0.2) is 74.1 Å². The number of unbranched alkanes of at least 4 members (excludes halogenated alkanes) is 2. The smallest absolute Gasteiger partial charge is 0.411 e. The molecule has 0 bridgehead atoms. The number of esters is 2. The molecule has 4 aromatic rings. The highest BCUT2D eigenvalue weighted by Crippen LogP contribution is 2.48. The third kappa shape index (κ3) is 22.4. The molecule has 0 spiro atoms. The molecular weight excluding hydrogens is 1630 g/mol. The molecule has 3 N–H and O–H groups in total. The van der Waals surface area contributed by atoms with Gasteiger partial charge in [-0.15, -0.1) is 0 Å². The fraction of sp³-hybridized carbons (Fsp3) is 0.739. The fourth-order valence-corrected chi connectivity index (χ4v) is 20.4. The van der Waals surface area contributed by atoms with E-state index in [1.165, 1.54) is 33.0 Å². The second kappa shape index (κ2) is 42.5. The number of aliphatic hydroxyl groups excluding tert-OH is 3. The second-order valence-electron chi connectivity index (χ2n) is 38.4. The van der Waals surface area contributed by atoms with E-state index in [9.17, 15) is 48.9 Å². The average molecular weight is 1770 g/mol. The Morgan fingerprint density at radius 3 is 1.28 bits per heavy atom. The Kier molecular flexibility index (Phi) is 34.4. The lowest BCUT2D eigenvalue weighted by molar-refractivity contribution is -0.295. The predicted octanol–water partition coefficient (Wildman–Crippen LogP) is 10.8. The number of aryl methyl sites for hydroxylation is 2. The van der Waals surface area contributed by atoms with Gasteiger partial charge in [0.15, 0.2) is 43.7 Å². The first kappa shape index (κ1) is 101. The zero-order valence-corrected chi connectivity index (χ0v) is 79.5. The maximum absolute atomic E-state index is 15.2. The molecule has 33 heteroatoms. The van der Waals surface area contributed by atoms with Crippen LogP contribution in [-0.4, -0.2) is 296 Å². The predicted molar refractivity (Wildman–Crippen MR) is 467 cm³/mol. The minimum absolute atomic E-state index is 0.0695. The van der Waals surface area contributed by atoms with Gasteiger partial charge in [0.1, 0.15) is 47.8 Å². The molecule has 26 atom stereocenters. The Hall–Kier alpha value is -7.38. The number of amides is 2. The van der Waals surface area contributed by atoms with Crippen LogP contribution in [0, 0.1) is 47.3 Å². The molecule has 4 aromatic heterocycles. The van der Waals surface area contributed by atoms with E-state index in [-0.39, 0.29) is 86.3 Å². The van der Waals surface area contributed by atoms with E-state index in [4.69, 9.17) is 51.8 Å². The van der Waals surface area contributed by atoms with E-state index in [1.807, 2.05) is 118 Å². The number of aromatic nitrogens is 6. The molecule has 0 aromatic carbocycles. The topological polar surface area (TPSA) is 373 Å². The normalized spacial score (nSPS) is 35.2. The van der Waals surface area contributed by atoms with Gasteiger partial charge in [-0.3, -0.25) is 38.7 Å².